The molecule has 0 bridgehead atoms. The number of hydrogen-bond acceptors (Lipinski definition) is 4. The van der Waals surface area contributed by atoms with Crippen molar-refractivity contribution in [2.45, 2.75) is 26.4 Å². The lowest BCUT2D eigenvalue weighted by Crippen LogP contribution is -2.24. The van der Waals surface area contributed by atoms with Crippen LogP contribution in [0.4, 0.5) is 0 Å². The average Bonchev–Trinajstić information content (AvgIpc) is 2.66. The van der Waals surface area contributed by atoms with Crippen molar-refractivity contribution in [3.05, 3.63) is 77.5 Å². The van der Waals surface area contributed by atoms with Crippen molar-refractivity contribution >= 4 is 22.7 Å². The first kappa shape index (κ1) is 16.8. The molecule has 0 unspecified atom stereocenters. The number of esters is 1. The highest BCUT2D eigenvalue weighted by Crippen LogP contribution is 2.18. The van der Waals surface area contributed by atoms with Gasteiger partial charge in [0.1, 0.15) is 0 Å². The summed E-state index contributed by atoms with van der Waals surface area (Å²) in [6.07, 6.45) is 1.73. The summed E-state index contributed by atoms with van der Waals surface area (Å²) in [6.45, 7) is 3.65. The minimum absolute atomic E-state index is 0.214. The predicted octanol–water partition coefficient (Wildman–Crippen LogP) is 4.23. The van der Waals surface area contributed by atoms with Crippen molar-refractivity contribution < 1.29 is 14.3 Å². The monoisotopic (exact) mass is 333 g/mol. The molecule has 0 saturated heterocycles. The van der Waals surface area contributed by atoms with Gasteiger partial charge >= 0.3 is 5.97 Å². The SMILES string of the molecule is CCc1ccc(C(=O)[C@H](C)OC(=O)c2cccc3ncccc23)cc1. The Morgan fingerprint density at radius 2 is 1.80 bits per heavy atom. The van der Waals surface area contributed by atoms with Gasteiger partial charge in [0.15, 0.2) is 6.10 Å². The fourth-order valence-electron chi connectivity index (χ4n) is 2.70. The maximum Gasteiger partial charge on any atom is 0.339 e. The van der Waals surface area contributed by atoms with E-state index in [-0.39, 0.29) is 5.78 Å². The third-order valence-electron chi connectivity index (χ3n) is 4.17. The number of fused-ring (bicyclic) bond motifs is 1. The Hall–Kier alpha value is -3.01. The van der Waals surface area contributed by atoms with Crippen molar-refractivity contribution in [1.29, 1.82) is 0 Å². The van der Waals surface area contributed by atoms with Gasteiger partial charge in [0.2, 0.25) is 5.78 Å². The summed E-state index contributed by atoms with van der Waals surface area (Å²) in [5.41, 5.74) is 2.82. The van der Waals surface area contributed by atoms with Crippen LogP contribution in [0.25, 0.3) is 10.9 Å². The first-order valence-corrected chi connectivity index (χ1v) is 8.28. The minimum atomic E-state index is -0.855. The lowest BCUT2D eigenvalue weighted by molar-refractivity contribution is 0.0320. The summed E-state index contributed by atoms with van der Waals surface area (Å²) in [5.74, 6) is -0.737. The van der Waals surface area contributed by atoms with E-state index in [9.17, 15) is 9.59 Å². The first-order valence-electron chi connectivity index (χ1n) is 8.28. The number of Topliss-reactive ketones (excluding diaryl/α,β-unsaturated/α-hetero) is 1. The third-order valence-corrected chi connectivity index (χ3v) is 4.17. The molecule has 25 heavy (non-hydrogen) atoms. The molecule has 0 fully saturated rings. The topological polar surface area (TPSA) is 56.3 Å². The van der Waals surface area contributed by atoms with Crippen molar-refractivity contribution in [3.63, 3.8) is 0 Å². The predicted molar refractivity (Wildman–Crippen MR) is 96.8 cm³/mol. The maximum absolute atomic E-state index is 12.5. The summed E-state index contributed by atoms with van der Waals surface area (Å²) < 4.78 is 5.40. The van der Waals surface area contributed by atoms with E-state index >= 15 is 0 Å². The summed E-state index contributed by atoms with van der Waals surface area (Å²) in [6, 6.07) is 16.2. The molecule has 0 saturated carbocycles. The number of hydrogen-bond donors (Lipinski definition) is 0. The van der Waals surface area contributed by atoms with E-state index in [1.54, 1.807) is 43.5 Å². The van der Waals surface area contributed by atoms with E-state index < -0.39 is 12.1 Å². The molecule has 0 aliphatic carbocycles. The second kappa shape index (κ2) is 7.26. The van der Waals surface area contributed by atoms with E-state index in [2.05, 4.69) is 11.9 Å². The Labute approximate surface area is 146 Å². The first-order chi connectivity index (χ1) is 12.1. The highest BCUT2D eigenvalue weighted by Gasteiger charge is 2.21. The van der Waals surface area contributed by atoms with Gasteiger partial charge in [-0.3, -0.25) is 9.78 Å². The van der Waals surface area contributed by atoms with E-state index in [4.69, 9.17) is 4.74 Å². The fourth-order valence-corrected chi connectivity index (χ4v) is 2.70. The lowest BCUT2D eigenvalue weighted by Gasteiger charge is -2.13. The Bertz CT molecular complexity index is 911. The molecule has 0 aliphatic heterocycles. The summed E-state index contributed by atoms with van der Waals surface area (Å²) in [7, 11) is 0. The zero-order chi connectivity index (χ0) is 17.8. The molecule has 0 N–H and O–H groups in total. The largest absolute Gasteiger partial charge is 0.451 e. The molecule has 2 aromatic carbocycles. The van der Waals surface area contributed by atoms with Gasteiger partial charge in [-0.05, 0) is 37.1 Å². The van der Waals surface area contributed by atoms with Crippen LogP contribution in [0.5, 0.6) is 0 Å². The van der Waals surface area contributed by atoms with Gasteiger partial charge in [0.05, 0.1) is 11.1 Å². The maximum atomic E-state index is 12.5. The molecule has 0 aliphatic rings. The molecule has 1 aromatic heterocycles. The molecule has 0 spiro atoms. The van der Waals surface area contributed by atoms with Crippen molar-refractivity contribution in [1.82, 2.24) is 4.98 Å². The molecule has 126 valence electrons. The smallest absolute Gasteiger partial charge is 0.339 e. The van der Waals surface area contributed by atoms with Gasteiger partial charge in [-0.1, -0.05) is 43.3 Å². The summed E-state index contributed by atoms with van der Waals surface area (Å²) in [5, 5.41) is 0.710. The molecule has 1 heterocycles. The van der Waals surface area contributed by atoms with Gasteiger partial charge in [-0.25, -0.2) is 4.79 Å². The molecule has 1 atom stereocenters. The molecule has 4 nitrogen and oxygen atoms in total. The van der Waals surface area contributed by atoms with Crippen LogP contribution in [-0.2, 0) is 11.2 Å². The highest BCUT2D eigenvalue weighted by atomic mass is 16.5. The number of rotatable bonds is 5. The Morgan fingerprint density at radius 1 is 1.04 bits per heavy atom. The van der Waals surface area contributed by atoms with Crippen LogP contribution in [0.15, 0.2) is 60.8 Å². The van der Waals surface area contributed by atoms with Gasteiger partial charge in [-0.15, -0.1) is 0 Å². The van der Waals surface area contributed by atoms with Gasteiger partial charge in [0.25, 0.3) is 0 Å². The Morgan fingerprint density at radius 3 is 2.52 bits per heavy atom. The quantitative estimate of drug-likeness (QED) is 0.518. The zero-order valence-electron chi connectivity index (χ0n) is 14.2. The number of ether oxygens (including phenoxy) is 1. The molecular formula is C21H19NO3. The average molecular weight is 333 g/mol. The van der Waals surface area contributed by atoms with Crippen LogP contribution < -0.4 is 0 Å². The highest BCUT2D eigenvalue weighted by molar-refractivity contribution is 6.05. The zero-order valence-corrected chi connectivity index (χ0v) is 14.2. The summed E-state index contributed by atoms with van der Waals surface area (Å²) >= 11 is 0. The van der Waals surface area contributed by atoms with Gasteiger partial charge < -0.3 is 4.74 Å². The van der Waals surface area contributed by atoms with Crippen LogP contribution in [0, 0.1) is 0 Å². The lowest BCUT2D eigenvalue weighted by atomic mass is 10.0. The molecule has 0 radical (unpaired) electrons. The second-order valence-electron chi connectivity index (χ2n) is 5.84. The van der Waals surface area contributed by atoms with Crippen LogP contribution in [0.3, 0.4) is 0 Å². The number of aromatic nitrogens is 1. The number of benzene rings is 2. The van der Waals surface area contributed by atoms with Gasteiger partial charge in [-0.2, -0.15) is 0 Å². The van der Waals surface area contributed by atoms with Crippen LogP contribution in [0.2, 0.25) is 0 Å². The van der Waals surface area contributed by atoms with Crippen molar-refractivity contribution in [2.75, 3.05) is 0 Å². The van der Waals surface area contributed by atoms with E-state index in [0.29, 0.717) is 22.0 Å². The Kier molecular flexibility index (Phi) is 4.89. The minimum Gasteiger partial charge on any atom is -0.451 e. The fraction of sp³-hybridized carbons (Fsp3) is 0.190. The number of nitrogens with zero attached hydrogens (tertiary/aromatic N) is 1. The van der Waals surface area contributed by atoms with Crippen LogP contribution in [-0.4, -0.2) is 22.8 Å². The van der Waals surface area contributed by atoms with E-state index in [1.165, 1.54) is 0 Å². The van der Waals surface area contributed by atoms with Crippen LogP contribution >= 0.6 is 0 Å². The van der Waals surface area contributed by atoms with E-state index in [1.807, 2.05) is 24.3 Å². The van der Waals surface area contributed by atoms with Crippen molar-refractivity contribution in [2.24, 2.45) is 0 Å². The summed E-state index contributed by atoms with van der Waals surface area (Å²) in [4.78, 5) is 29.2. The number of carbonyl (C=O) groups excluding carboxylic acids is 2. The standard InChI is InChI=1S/C21H19NO3/c1-3-15-9-11-16(12-10-15)20(23)14(2)25-21(24)18-6-4-8-19-17(18)7-5-13-22-19/h4-14H,3H2,1-2H3/t14-/m0/s1. The molecule has 3 rings (SSSR count). The number of aryl methyl sites for hydroxylation is 1. The molecule has 0 amide bonds. The number of carbonyl (C=O) groups is 2. The normalized spacial score (nSPS) is 11.9. The van der Waals surface area contributed by atoms with Crippen molar-refractivity contribution in [3.8, 4) is 0 Å². The molecule has 3 aromatic rings. The Balaban J connectivity index is 1.78. The van der Waals surface area contributed by atoms with Crippen LogP contribution in [0.1, 0.15) is 40.1 Å². The number of ketones is 1. The number of pyridine rings is 1. The van der Waals surface area contributed by atoms with Gasteiger partial charge in [0, 0.05) is 17.1 Å². The third kappa shape index (κ3) is 3.58. The molecular weight excluding hydrogens is 314 g/mol. The molecule has 4 heteroatoms. The second-order valence-corrected chi connectivity index (χ2v) is 5.84. The van der Waals surface area contributed by atoms with E-state index in [0.717, 1.165) is 12.0 Å².